The van der Waals surface area contributed by atoms with Crippen LogP contribution < -0.4 is 10.6 Å². The summed E-state index contributed by atoms with van der Waals surface area (Å²) in [6.45, 7) is 1.96. The van der Waals surface area contributed by atoms with Crippen molar-refractivity contribution in [3.05, 3.63) is 96.4 Å². The van der Waals surface area contributed by atoms with Crippen molar-refractivity contribution in [2.75, 3.05) is 5.32 Å². The predicted octanol–water partition coefficient (Wildman–Crippen LogP) is 4.86. The summed E-state index contributed by atoms with van der Waals surface area (Å²) in [5.41, 5.74) is 4.03. The van der Waals surface area contributed by atoms with Gasteiger partial charge < -0.3 is 10.6 Å². The molecule has 28 heavy (non-hydrogen) atoms. The molecule has 0 aliphatic rings. The second kappa shape index (κ2) is 7.88. The van der Waals surface area contributed by atoms with Gasteiger partial charge in [-0.3, -0.25) is 14.8 Å². The number of fused-ring (bicyclic) bond motifs is 1. The van der Waals surface area contributed by atoms with Crippen LogP contribution in [0, 0.1) is 0 Å². The molecule has 5 heteroatoms. The minimum Gasteiger partial charge on any atom is -0.352 e. The van der Waals surface area contributed by atoms with Crippen LogP contribution in [0.2, 0.25) is 0 Å². The van der Waals surface area contributed by atoms with Gasteiger partial charge in [0.2, 0.25) is 0 Å². The van der Waals surface area contributed by atoms with Crippen molar-refractivity contribution in [2.45, 2.75) is 13.0 Å². The minimum atomic E-state index is -0.163. The molecule has 0 saturated carbocycles. The molecule has 1 amide bonds. The van der Waals surface area contributed by atoms with E-state index in [1.54, 1.807) is 24.7 Å². The number of rotatable bonds is 5. The van der Waals surface area contributed by atoms with E-state index < -0.39 is 0 Å². The third-order valence-electron chi connectivity index (χ3n) is 4.56. The lowest BCUT2D eigenvalue weighted by molar-refractivity contribution is 0.0939. The van der Waals surface area contributed by atoms with Crippen LogP contribution in [-0.2, 0) is 0 Å². The third kappa shape index (κ3) is 3.83. The first-order chi connectivity index (χ1) is 13.7. The van der Waals surface area contributed by atoms with Crippen LogP contribution in [-0.4, -0.2) is 15.9 Å². The predicted molar refractivity (Wildman–Crippen MR) is 112 cm³/mol. The topological polar surface area (TPSA) is 66.9 Å². The normalized spacial score (nSPS) is 11.8. The fourth-order valence-electron chi connectivity index (χ4n) is 3.10. The highest BCUT2D eigenvalue weighted by atomic mass is 16.1. The second-order valence-electron chi connectivity index (χ2n) is 6.57. The number of aromatic nitrogens is 2. The van der Waals surface area contributed by atoms with Gasteiger partial charge in [-0.25, -0.2) is 0 Å². The average molecular weight is 368 g/mol. The summed E-state index contributed by atoms with van der Waals surface area (Å²) < 4.78 is 0. The number of carbonyl (C=O) groups excluding carboxylic acids is 1. The maximum Gasteiger partial charge on any atom is 0.253 e. The summed E-state index contributed by atoms with van der Waals surface area (Å²) in [6.07, 6.45) is 5.03. The summed E-state index contributed by atoms with van der Waals surface area (Å²) in [6, 6.07) is 21.4. The summed E-state index contributed by atoms with van der Waals surface area (Å²) in [5.74, 6) is -0.163. The van der Waals surface area contributed by atoms with Gasteiger partial charge in [0.15, 0.2) is 0 Å². The van der Waals surface area contributed by atoms with Crippen LogP contribution in [0.25, 0.3) is 10.9 Å². The van der Waals surface area contributed by atoms with Crippen molar-refractivity contribution < 1.29 is 4.79 Å². The Labute approximate surface area is 163 Å². The van der Waals surface area contributed by atoms with E-state index in [4.69, 9.17) is 0 Å². The fraction of sp³-hybridized carbons (Fsp3) is 0.0870. The fourth-order valence-corrected chi connectivity index (χ4v) is 3.10. The first-order valence-corrected chi connectivity index (χ1v) is 9.12. The van der Waals surface area contributed by atoms with E-state index in [2.05, 4.69) is 20.6 Å². The third-order valence-corrected chi connectivity index (χ3v) is 4.56. The SMILES string of the molecule is CC(NC(=O)c1cncc(Nc2cccc3cccnc23)c1)c1ccccc1. The van der Waals surface area contributed by atoms with Crippen molar-refractivity contribution >= 4 is 28.2 Å². The zero-order chi connectivity index (χ0) is 19.3. The summed E-state index contributed by atoms with van der Waals surface area (Å²) >= 11 is 0. The van der Waals surface area contributed by atoms with Crippen LogP contribution >= 0.6 is 0 Å². The Bertz CT molecular complexity index is 1110. The Morgan fingerprint density at radius 1 is 0.964 bits per heavy atom. The summed E-state index contributed by atoms with van der Waals surface area (Å²) in [4.78, 5) is 21.3. The van der Waals surface area contributed by atoms with Crippen LogP contribution in [0.15, 0.2) is 85.3 Å². The Morgan fingerprint density at radius 3 is 2.64 bits per heavy atom. The Morgan fingerprint density at radius 2 is 1.79 bits per heavy atom. The number of benzene rings is 2. The van der Waals surface area contributed by atoms with Gasteiger partial charge in [0, 0.05) is 17.8 Å². The maximum atomic E-state index is 12.7. The Balaban J connectivity index is 1.53. The van der Waals surface area contributed by atoms with Gasteiger partial charge in [0.05, 0.1) is 34.7 Å². The molecule has 2 aromatic carbocycles. The van der Waals surface area contributed by atoms with E-state index in [0.29, 0.717) is 5.56 Å². The van der Waals surface area contributed by atoms with E-state index >= 15 is 0 Å². The van der Waals surface area contributed by atoms with Crippen LogP contribution in [0.4, 0.5) is 11.4 Å². The maximum absolute atomic E-state index is 12.7. The molecule has 0 spiro atoms. The first kappa shape index (κ1) is 17.7. The molecule has 2 aromatic heterocycles. The van der Waals surface area contributed by atoms with E-state index in [1.165, 1.54) is 0 Å². The molecule has 138 valence electrons. The van der Waals surface area contributed by atoms with Crippen molar-refractivity contribution in [2.24, 2.45) is 0 Å². The van der Waals surface area contributed by atoms with Gasteiger partial charge in [0.25, 0.3) is 5.91 Å². The number of nitrogens with zero attached hydrogens (tertiary/aromatic N) is 2. The number of para-hydroxylation sites is 1. The van der Waals surface area contributed by atoms with Crippen molar-refractivity contribution in [3.8, 4) is 0 Å². The van der Waals surface area contributed by atoms with Gasteiger partial charge in [0.1, 0.15) is 0 Å². The number of nitrogens with one attached hydrogen (secondary N) is 2. The zero-order valence-corrected chi connectivity index (χ0v) is 15.5. The summed E-state index contributed by atoms with van der Waals surface area (Å²) in [7, 11) is 0. The highest BCUT2D eigenvalue weighted by Gasteiger charge is 2.12. The van der Waals surface area contributed by atoms with Gasteiger partial charge in [-0.2, -0.15) is 0 Å². The first-order valence-electron chi connectivity index (χ1n) is 9.12. The van der Waals surface area contributed by atoms with Crippen LogP contribution in [0.5, 0.6) is 0 Å². The van der Waals surface area contributed by atoms with Crippen LogP contribution in [0.1, 0.15) is 28.9 Å². The molecule has 2 heterocycles. The number of pyridine rings is 2. The van der Waals surface area contributed by atoms with Crippen molar-refractivity contribution in [3.63, 3.8) is 0 Å². The number of amides is 1. The highest BCUT2D eigenvalue weighted by molar-refractivity contribution is 5.96. The Hall–Kier alpha value is -3.73. The van der Waals surface area contributed by atoms with E-state index in [0.717, 1.165) is 27.8 Å². The molecule has 1 unspecified atom stereocenters. The van der Waals surface area contributed by atoms with Crippen molar-refractivity contribution in [1.29, 1.82) is 0 Å². The van der Waals surface area contributed by atoms with E-state index in [1.807, 2.05) is 67.6 Å². The Kier molecular flexibility index (Phi) is 4.97. The number of anilines is 2. The average Bonchev–Trinajstić information content (AvgIpc) is 2.75. The molecule has 0 saturated heterocycles. The van der Waals surface area contributed by atoms with Crippen LogP contribution in [0.3, 0.4) is 0 Å². The van der Waals surface area contributed by atoms with E-state index in [-0.39, 0.29) is 11.9 Å². The standard InChI is InChI=1S/C23H20N4O/c1-16(17-7-3-2-4-8-17)26-23(28)19-13-20(15-24-14-19)27-21-11-5-9-18-10-6-12-25-22(18)21/h2-16,27H,1H3,(H,26,28). The smallest absolute Gasteiger partial charge is 0.253 e. The molecule has 0 aliphatic heterocycles. The number of hydrogen-bond acceptors (Lipinski definition) is 4. The summed E-state index contributed by atoms with van der Waals surface area (Å²) in [5, 5.41) is 7.38. The second-order valence-corrected chi connectivity index (χ2v) is 6.57. The lowest BCUT2D eigenvalue weighted by atomic mass is 10.1. The molecular weight excluding hydrogens is 348 g/mol. The lowest BCUT2D eigenvalue weighted by Gasteiger charge is -2.15. The molecule has 0 fully saturated rings. The molecule has 2 N–H and O–H groups in total. The molecule has 0 radical (unpaired) electrons. The molecular formula is C23H20N4O. The van der Waals surface area contributed by atoms with Gasteiger partial charge in [-0.05, 0) is 30.7 Å². The largest absolute Gasteiger partial charge is 0.352 e. The molecule has 4 aromatic rings. The van der Waals surface area contributed by atoms with Gasteiger partial charge in [-0.1, -0.05) is 48.5 Å². The highest BCUT2D eigenvalue weighted by Crippen LogP contribution is 2.24. The molecule has 0 aliphatic carbocycles. The van der Waals surface area contributed by atoms with Gasteiger partial charge in [-0.15, -0.1) is 0 Å². The minimum absolute atomic E-state index is 0.0902. The quantitative estimate of drug-likeness (QED) is 0.528. The van der Waals surface area contributed by atoms with Gasteiger partial charge >= 0.3 is 0 Å². The monoisotopic (exact) mass is 368 g/mol. The molecule has 5 nitrogen and oxygen atoms in total. The molecule has 4 rings (SSSR count). The molecule has 0 bridgehead atoms. The number of hydrogen-bond donors (Lipinski definition) is 2. The number of carbonyl (C=O) groups is 1. The molecule has 1 atom stereocenters. The lowest BCUT2D eigenvalue weighted by Crippen LogP contribution is -2.26. The van der Waals surface area contributed by atoms with E-state index in [9.17, 15) is 4.79 Å². The van der Waals surface area contributed by atoms with Crippen molar-refractivity contribution in [1.82, 2.24) is 15.3 Å². The zero-order valence-electron chi connectivity index (χ0n) is 15.5.